The van der Waals surface area contributed by atoms with Gasteiger partial charge in [0.05, 0.1) is 13.3 Å². The number of aromatic nitrogens is 3. The molecule has 0 aliphatic rings. The number of hydrogen-bond acceptors (Lipinski definition) is 6. The van der Waals surface area contributed by atoms with E-state index in [1.54, 1.807) is 13.3 Å². The normalized spacial score (nSPS) is 10.7. The molecule has 0 amide bonds. The zero-order chi connectivity index (χ0) is 19.1. The minimum atomic E-state index is 0.288. The maximum atomic E-state index is 5.18. The number of rotatable bonds is 8. The lowest BCUT2D eigenvalue weighted by Crippen LogP contribution is -2.31. The van der Waals surface area contributed by atoms with E-state index in [1.165, 1.54) is 5.56 Å². The van der Waals surface area contributed by atoms with Gasteiger partial charge in [0.15, 0.2) is 5.82 Å². The second-order valence-corrected chi connectivity index (χ2v) is 6.55. The summed E-state index contributed by atoms with van der Waals surface area (Å²) in [5.74, 6) is 2.16. The summed E-state index contributed by atoms with van der Waals surface area (Å²) in [4.78, 5) is 6.87. The minimum absolute atomic E-state index is 0.288. The minimum Gasteiger partial charge on any atom is -0.497 e. The lowest BCUT2D eigenvalue weighted by molar-refractivity contribution is 0.414. The second kappa shape index (κ2) is 8.98. The van der Waals surface area contributed by atoms with Gasteiger partial charge in [0.2, 0.25) is 5.95 Å². The smallest absolute Gasteiger partial charge is 0.244 e. The highest BCUT2D eigenvalue weighted by molar-refractivity contribution is 5.42. The van der Waals surface area contributed by atoms with Gasteiger partial charge in [0, 0.05) is 19.1 Å². The fourth-order valence-electron chi connectivity index (χ4n) is 2.74. The third-order valence-electron chi connectivity index (χ3n) is 4.27. The van der Waals surface area contributed by atoms with E-state index in [9.17, 15) is 0 Å². The zero-order valence-electron chi connectivity index (χ0n) is 16.0. The van der Waals surface area contributed by atoms with Gasteiger partial charge in [-0.2, -0.15) is 10.1 Å². The van der Waals surface area contributed by atoms with Gasteiger partial charge >= 0.3 is 0 Å². The maximum absolute atomic E-state index is 5.18. The molecule has 3 rings (SSSR count). The van der Waals surface area contributed by atoms with E-state index in [2.05, 4.69) is 51.4 Å². The molecule has 0 saturated carbocycles. The van der Waals surface area contributed by atoms with Gasteiger partial charge in [-0.1, -0.05) is 42.5 Å². The Morgan fingerprint density at radius 2 is 1.74 bits per heavy atom. The van der Waals surface area contributed by atoms with Crippen molar-refractivity contribution in [3.63, 3.8) is 0 Å². The zero-order valence-corrected chi connectivity index (χ0v) is 16.0. The number of ether oxygens (including phenoxy) is 1. The van der Waals surface area contributed by atoms with Crippen LogP contribution in [0.4, 0.5) is 11.8 Å². The fourth-order valence-corrected chi connectivity index (χ4v) is 2.74. The summed E-state index contributed by atoms with van der Waals surface area (Å²) < 4.78 is 5.18. The predicted octanol–water partition coefficient (Wildman–Crippen LogP) is 3.91. The molecule has 6 heteroatoms. The van der Waals surface area contributed by atoms with Crippen LogP contribution >= 0.6 is 0 Å². The van der Waals surface area contributed by atoms with Gasteiger partial charge in [-0.3, -0.25) is 0 Å². The van der Waals surface area contributed by atoms with Crippen molar-refractivity contribution < 1.29 is 4.74 Å². The Morgan fingerprint density at radius 1 is 1.00 bits per heavy atom. The molecule has 0 unspecified atom stereocenters. The summed E-state index contributed by atoms with van der Waals surface area (Å²) in [7, 11) is 1.66. The Labute approximate surface area is 160 Å². The Hall–Kier alpha value is -3.15. The van der Waals surface area contributed by atoms with Crippen molar-refractivity contribution in [2.45, 2.75) is 33.0 Å². The Morgan fingerprint density at radius 3 is 2.41 bits per heavy atom. The van der Waals surface area contributed by atoms with Crippen molar-refractivity contribution in [2.75, 3.05) is 17.3 Å². The van der Waals surface area contributed by atoms with E-state index in [0.29, 0.717) is 12.5 Å². The molecule has 0 spiro atoms. The molecular formula is C21H25N5O. The maximum Gasteiger partial charge on any atom is 0.244 e. The summed E-state index contributed by atoms with van der Waals surface area (Å²) in [6.45, 7) is 5.69. The third-order valence-corrected chi connectivity index (χ3v) is 4.27. The van der Waals surface area contributed by atoms with Gasteiger partial charge in [-0.15, -0.1) is 5.10 Å². The van der Waals surface area contributed by atoms with E-state index in [4.69, 9.17) is 4.74 Å². The molecular weight excluding hydrogens is 338 g/mol. The highest BCUT2D eigenvalue weighted by Crippen LogP contribution is 2.18. The van der Waals surface area contributed by atoms with Gasteiger partial charge in [-0.05, 0) is 37.1 Å². The van der Waals surface area contributed by atoms with Gasteiger partial charge < -0.3 is 15.0 Å². The Balaban J connectivity index is 1.70. The Kier molecular flexibility index (Phi) is 6.20. The van der Waals surface area contributed by atoms with Gasteiger partial charge in [0.25, 0.3) is 0 Å². The lowest BCUT2D eigenvalue weighted by atomic mass is 10.2. The van der Waals surface area contributed by atoms with Crippen LogP contribution in [0.25, 0.3) is 0 Å². The molecule has 0 bridgehead atoms. The first kappa shape index (κ1) is 18.6. The topological polar surface area (TPSA) is 63.2 Å². The van der Waals surface area contributed by atoms with Crippen LogP contribution in [-0.4, -0.2) is 28.3 Å². The van der Waals surface area contributed by atoms with E-state index >= 15 is 0 Å². The van der Waals surface area contributed by atoms with Crippen LogP contribution < -0.4 is 15.0 Å². The van der Waals surface area contributed by atoms with Gasteiger partial charge in [-0.25, -0.2) is 0 Å². The molecule has 1 N–H and O–H groups in total. The van der Waals surface area contributed by atoms with Crippen LogP contribution in [0.5, 0.6) is 5.75 Å². The van der Waals surface area contributed by atoms with E-state index in [1.807, 2.05) is 42.5 Å². The molecule has 6 nitrogen and oxygen atoms in total. The average molecular weight is 363 g/mol. The van der Waals surface area contributed by atoms with Crippen LogP contribution in [0.3, 0.4) is 0 Å². The molecule has 0 saturated heterocycles. The monoisotopic (exact) mass is 363 g/mol. The first-order valence-corrected chi connectivity index (χ1v) is 9.03. The summed E-state index contributed by atoms with van der Waals surface area (Å²) in [5, 5.41) is 11.5. The number of nitrogens with one attached hydrogen (secondary N) is 1. The molecule has 3 aromatic rings. The standard InChI is InChI=1S/C21H25N5O/c1-16(2)26(15-18-7-5-4-6-8-18)20-14-23-25-21(24-20)22-13-17-9-11-19(27-3)12-10-17/h4-12,14,16H,13,15H2,1-3H3,(H,22,24,25). The van der Waals surface area contributed by atoms with Crippen molar-refractivity contribution in [3.8, 4) is 5.75 Å². The molecule has 27 heavy (non-hydrogen) atoms. The molecule has 0 aliphatic heterocycles. The largest absolute Gasteiger partial charge is 0.497 e. The van der Waals surface area contributed by atoms with Crippen LogP contribution in [0.1, 0.15) is 25.0 Å². The lowest BCUT2D eigenvalue weighted by Gasteiger charge is -2.27. The van der Waals surface area contributed by atoms with E-state index in [-0.39, 0.29) is 6.04 Å². The summed E-state index contributed by atoms with van der Waals surface area (Å²) in [5.41, 5.74) is 2.35. The van der Waals surface area contributed by atoms with Crippen molar-refractivity contribution in [1.82, 2.24) is 15.2 Å². The number of nitrogens with zero attached hydrogens (tertiary/aromatic N) is 4. The summed E-state index contributed by atoms with van der Waals surface area (Å²) in [6, 6.07) is 18.5. The first-order valence-electron chi connectivity index (χ1n) is 9.03. The molecule has 2 aromatic carbocycles. The number of methoxy groups -OCH3 is 1. The summed E-state index contributed by atoms with van der Waals surface area (Å²) in [6.07, 6.45) is 1.71. The van der Waals surface area contributed by atoms with Crippen LogP contribution in [0.2, 0.25) is 0 Å². The second-order valence-electron chi connectivity index (χ2n) is 6.55. The van der Waals surface area contributed by atoms with Crippen molar-refractivity contribution >= 4 is 11.8 Å². The van der Waals surface area contributed by atoms with Crippen molar-refractivity contribution in [2.24, 2.45) is 0 Å². The number of hydrogen-bond donors (Lipinski definition) is 1. The third kappa shape index (κ3) is 5.17. The van der Waals surface area contributed by atoms with Crippen LogP contribution in [-0.2, 0) is 13.1 Å². The van der Waals surface area contributed by atoms with Crippen molar-refractivity contribution in [3.05, 3.63) is 71.9 Å². The van der Waals surface area contributed by atoms with Crippen molar-refractivity contribution in [1.29, 1.82) is 0 Å². The first-order chi connectivity index (χ1) is 13.2. The highest BCUT2D eigenvalue weighted by Gasteiger charge is 2.14. The molecule has 140 valence electrons. The quantitative estimate of drug-likeness (QED) is 0.655. The molecule has 1 heterocycles. The predicted molar refractivity (Wildman–Crippen MR) is 108 cm³/mol. The van der Waals surface area contributed by atoms with Gasteiger partial charge in [0.1, 0.15) is 5.75 Å². The van der Waals surface area contributed by atoms with Crippen LogP contribution in [0, 0.1) is 0 Å². The summed E-state index contributed by atoms with van der Waals surface area (Å²) >= 11 is 0. The molecule has 0 fully saturated rings. The molecule has 1 aromatic heterocycles. The SMILES string of the molecule is COc1ccc(CNc2nncc(N(Cc3ccccc3)C(C)C)n2)cc1. The molecule has 0 atom stereocenters. The fraction of sp³-hybridized carbons (Fsp3) is 0.286. The molecule has 0 aliphatic carbocycles. The molecule has 0 radical (unpaired) electrons. The number of anilines is 2. The van der Waals surface area contributed by atoms with Crippen LogP contribution in [0.15, 0.2) is 60.8 Å². The highest BCUT2D eigenvalue weighted by atomic mass is 16.5. The Bertz CT molecular complexity index is 837. The average Bonchev–Trinajstić information content (AvgIpc) is 2.71. The number of benzene rings is 2. The van der Waals surface area contributed by atoms with E-state index in [0.717, 1.165) is 23.7 Å². The van der Waals surface area contributed by atoms with E-state index < -0.39 is 0 Å².